The minimum absolute atomic E-state index is 0.0211. The smallest absolute Gasteiger partial charge is 0.321 e. The number of carbonyl (C=O) groups is 2. The first-order chi connectivity index (χ1) is 33.8. The molecule has 6 aliphatic rings. The molecular weight excluding hydrogens is 881 g/mol. The lowest BCUT2D eigenvalue weighted by Crippen LogP contribution is -2.32. The summed E-state index contributed by atoms with van der Waals surface area (Å²) in [6.45, 7) is 19.0. The van der Waals surface area contributed by atoms with E-state index >= 15 is 0 Å². The Morgan fingerprint density at radius 2 is 1.10 bits per heavy atom. The summed E-state index contributed by atoms with van der Waals surface area (Å²) in [4.78, 5) is 39.6. The molecule has 376 valence electrons. The number of rotatable bonds is 14. The molecular formula is C56H76N8O6. The average Bonchev–Trinajstić information content (AvgIpc) is 4.16. The number of hydrogen-bond acceptors (Lipinski definition) is 10. The molecule has 4 aliphatic heterocycles. The summed E-state index contributed by atoms with van der Waals surface area (Å²) in [7, 11) is 0. The predicted octanol–water partition coefficient (Wildman–Crippen LogP) is 9.58. The highest BCUT2D eigenvalue weighted by molar-refractivity contribution is 5.92. The Morgan fingerprint density at radius 3 is 1.47 bits per heavy atom. The van der Waals surface area contributed by atoms with Crippen molar-refractivity contribution >= 4 is 35.1 Å². The molecule has 4 saturated heterocycles. The number of carbonyl (C=O) groups excluding carboxylic acids is 2. The van der Waals surface area contributed by atoms with Crippen molar-refractivity contribution in [2.24, 2.45) is 23.7 Å². The van der Waals surface area contributed by atoms with Crippen molar-refractivity contribution in [3.63, 3.8) is 0 Å². The van der Waals surface area contributed by atoms with E-state index in [9.17, 15) is 19.8 Å². The predicted molar refractivity (Wildman–Crippen MR) is 278 cm³/mol. The van der Waals surface area contributed by atoms with Gasteiger partial charge in [0.25, 0.3) is 0 Å². The molecule has 2 aromatic carbocycles. The number of amides is 4. The van der Waals surface area contributed by atoms with E-state index in [1.54, 1.807) is 0 Å². The van der Waals surface area contributed by atoms with Crippen LogP contribution >= 0.6 is 0 Å². The van der Waals surface area contributed by atoms with Crippen LogP contribution in [0.25, 0.3) is 22.3 Å². The summed E-state index contributed by atoms with van der Waals surface area (Å²) in [5.74, 6) is 3.83. The maximum absolute atomic E-state index is 12.9. The van der Waals surface area contributed by atoms with Gasteiger partial charge in [-0.05, 0) is 172 Å². The molecule has 14 heteroatoms. The summed E-state index contributed by atoms with van der Waals surface area (Å²) in [6.07, 6.45) is 8.60. The molecule has 6 N–H and O–H groups in total. The van der Waals surface area contributed by atoms with Gasteiger partial charge in [0.05, 0.1) is 37.8 Å². The highest BCUT2D eigenvalue weighted by atomic mass is 16.5. The van der Waals surface area contributed by atoms with Crippen molar-refractivity contribution in [3.05, 3.63) is 83.2 Å². The average molecular weight is 957 g/mol. The van der Waals surface area contributed by atoms with Crippen LogP contribution in [-0.4, -0.2) is 120 Å². The van der Waals surface area contributed by atoms with Crippen LogP contribution in [0.1, 0.15) is 102 Å². The molecule has 8 atom stereocenters. The number of aliphatic hydroxyl groups excluding tert-OH is 2. The van der Waals surface area contributed by atoms with Crippen LogP contribution in [0.5, 0.6) is 0 Å². The molecule has 6 heterocycles. The fraction of sp³-hybridized carbons (Fsp3) is 0.571. The van der Waals surface area contributed by atoms with Crippen LogP contribution in [0, 0.1) is 37.5 Å². The van der Waals surface area contributed by atoms with E-state index in [2.05, 4.69) is 97.5 Å². The Labute approximate surface area is 414 Å². The van der Waals surface area contributed by atoms with Crippen LogP contribution in [-0.2, 0) is 20.3 Å². The van der Waals surface area contributed by atoms with E-state index in [0.717, 1.165) is 172 Å². The van der Waals surface area contributed by atoms with Crippen LogP contribution in [0.4, 0.5) is 32.6 Å². The SMILES string of the molecule is CC[C@@H]1CCN(C(=O)Nc2ccc(C)c(-c3cc(N[C@H](C)CO)nc([C@@]45CCOC[C@@H]4C5)c3)c2)C1.CC[C@@H]1CCN(C(=O)Nc2ccc(C)c(-c3cc(N[C@H](C)CO)nc([C@]45CCOC[C@H]4C5)c3)c2)C1. The van der Waals surface area contributed by atoms with Gasteiger partial charge in [-0.2, -0.15) is 0 Å². The zero-order chi connectivity index (χ0) is 49.2. The van der Waals surface area contributed by atoms with Gasteiger partial charge in [0.15, 0.2) is 0 Å². The number of ether oxygens (including phenoxy) is 2. The van der Waals surface area contributed by atoms with Gasteiger partial charge in [0.2, 0.25) is 0 Å². The van der Waals surface area contributed by atoms with Crippen molar-refractivity contribution in [2.45, 2.75) is 116 Å². The highest BCUT2D eigenvalue weighted by Crippen LogP contribution is 2.60. The second-order valence-electron chi connectivity index (χ2n) is 21.4. The van der Waals surface area contributed by atoms with Gasteiger partial charge in [-0.3, -0.25) is 0 Å². The minimum Gasteiger partial charge on any atom is -0.394 e. The number of fused-ring (bicyclic) bond motifs is 2. The first-order valence-electron chi connectivity index (χ1n) is 26.1. The van der Waals surface area contributed by atoms with Gasteiger partial charge < -0.3 is 50.8 Å². The molecule has 4 aromatic rings. The van der Waals surface area contributed by atoms with E-state index in [4.69, 9.17) is 19.4 Å². The molecule has 4 amide bonds. The molecule has 0 spiro atoms. The number of aromatic nitrogens is 2. The number of likely N-dealkylation sites (tertiary alicyclic amines) is 2. The number of urea groups is 2. The van der Waals surface area contributed by atoms with Gasteiger partial charge in [-0.1, -0.05) is 38.8 Å². The normalized spacial score (nSPS) is 26.2. The number of nitrogens with one attached hydrogen (secondary N) is 4. The quantitative estimate of drug-likeness (QED) is 0.0715. The van der Waals surface area contributed by atoms with Crippen molar-refractivity contribution in [3.8, 4) is 22.3 Å². The summed E-state index contributed by atoms with van der Waals surface area (Å²) < 4.78 is 11.4. The van der Waals surface area contributed by atoms with Crippen LogP contribution in [0.15, 0.2) is 60.7 Å². The maximum Gasteiger partial charge on any atom is 0.321 e. The molecule has 6 fully saturated rings. The lowest BCUT2D eigenvalue weighted by atomic mass is 9.90. The molecule has 10 rings (SSSR count). The Bertz CT molecular complexity index is 2350. The van der Waals surface area contributed by atoms with Gasteiger partial charge >= 0.3 is 12.1 Å². The third kappa shape index (κ3) is 10.8. The summed E-state index contributed by atoms with van der Waals surface area (Å²) in [6, 6.07) is 20.6. The van der Waals surface area contributed by atoms with E-state index in [1.807, 2.05) is 35.8 Å². The number of nitrogens with zero attached hydrogens (tertiary/aromatic N) is 4. The summed E-state index contributed by atoms with van der Waals surface area (Å²) in [5.41, 5.74) is 10.6. The summed E-state index contributed by atoms with van der Waals surface area (Å²) in [5, 5.41) is 32.2. The van der Waals surface area contributed by atoms with Gasteiger partial charge in [-0.25, -0.2) is 19.6 Å². The third-order valence-corrected chi connectivity index (χ3v) is 16.4. The van der Waals surface area contributed by atoms with Crippen LogP contribution in [0.3, 0.4) is 0 Å². The molecule has 2 aromatic heterocycles. The Kier molecular flexibility index (Phi) is 15.1. The third-order valence-electron chi connectivity index (χ3n) is 16.4. The molecule has 70 heavy (non-hydrogen) atoms. The number of hydrogen-bond donors (Lipinski definition) is 6. The number of anilines is 4. The van der Waals surface area contributed by atoms with Crippen molar-refractivity contribution in [2.75, 3.05) is 87.1 Å². The number of pyridine rings is 2. The fourth-order valence-corrected chi connectivity index (χ4v) is 11.4. The van der Waals surface area contributed by atoms with Crippen LogP contribution < -0.4 is 21.3 Å². The Hall–Kier alpha value is -5.28. The first-order valence-corrected chi connectivity index (χ1v) is 26.1. The van der Waals surface area contributed by atoms with Crippen molar-refractivity contribution in [1.82, 2.24) is 19.8 Å². The second kappa shape index (κ2) is 21.2. The maximum atomic E-state index is 12.9. The minimum atomic E-state index is -0.0908. The van der Waals surface area contributed by atoms with E-state index in [0.29, 0.717) is 23.7 Å². The molecule has 0 bridgehead atoms. The topological polar surface area (TPSA) is 173 Å². The number of benzene rings is 2. The number of aliphatic hydroxyl groups is 2. The number of aryl methyl sites for hydroxylation is 2. The van der Waals surface area contributed by atoms with Crippen molar-refractivity contribution in [1.29, 1.82) is 0 Å². The summed E-state index contributed by atoms with van der Waals surface area (Å²) >= 11 is 0. The second-order valence-corrected chi connectivity index (χ2v) is 21.4. The van der Waals surface area contributed by atoms with E-state index < -0.39 is 0 Å². The molecule has 0 unspecified atom stereocenters. The lowest BCUT2D eigenvalue weighted by molar-refractivity contribution is 0.0794. The zero-order valence-corrected chi connectivity index (χ0v) is 42.3. The van der Waals surface area contributed by atoms with Gasteiger partial charge in [-0.15, -0.1) is 0 Å². The van der Waals surface area contributed by atoms with E-state index in [-0.39, 0.29) is 48.2 Å². The lowest BCUT2D eigenvalue weighted by Gasteiger charge is -2.24. The van der Waals surface area contributed by atoms with Gasteiger partial charge in [0, 0.05) is 73.7 Å². The molecule has 14 nitrogen and oxygen atoms in total. The fourth-order valence-electron chi connectivity index (χ4n) is 11.4. The zero-order valence-electron chi connectivity index (χ0n) is 42.3. The van der Waals surface area contributed by atoms with Crippen LogP contribution in [0.2, 0.25) is 0 Å². The largest absolute Gasteiger partial charge is 0.394 e. The highest BCUT2D eigenvalue weighted by Gasteiger charge is 2.59. The molecule has 2 aliphatic carbocycles. The van der Waals surface area contributed by atoms with E-state index in [1.165, 1.54) is 0 Å². The standard InChI is InChI=1S/2C28H38N4O3/c2*1-4-20-7-9-32(15-20)27(34)30-23-6-5-18(2)24(13-23)21-11-25(28-8-10-35-17-22(28)14-28)31-26(12-21)29-19(3)16-33/h2*5-6,11-13,19-20,22,33H,4,7-10,14-17H2,1-3H3,(H,29,31)(H,30,34)/t19-,20-,22+,28-;19-,20-,22-,28+/m11/s1. The van der Waals surface area contributed by atoms with Gasteiger partial charge in [0.1, 0.15) is 11.6 Å². The first kappa shape index (κ1) is 49.7. The Morgan fingerprint density at radius 1 is 0.671 bits per heavy atom. The molecule has 0 radical (unpaired) electrons. The van der Waals surface area contributed by atoms with Crippen molar-refractivity contribution < 1.29 is 29.3 Å². The molecule has 2 saturated carbocycles. The Balaban J connectivity index is 0.000000174. The monoisotopic (exact) mass is 957 g/mol.